The summed E-state index contributed by atoms with van der Waals surface area (Å²) in [4.78, 5) is 32.1. The zero-order valence-corrected chi connectivity index (χ0v) is 22.6. The maximum absolute atomic E-state index is 12.4. The second-order valence-corrected chi connectivity index (χ2v) is 9.10. The smallest absolute Gasteiger partial charge is 0.242 e. The van der Waals surface area contributed by atoms with Crippen LogP contribution >= 0.6 is 0 Å². The minimum Gasteiger partial charge on any atom is -0.461 e. The SMILES string of the molecule is C=C.COCCC1CCCN1C(=O)CN1CCCCCC1=O.Cc1cc2cc(N=C(N)NC#N)ccc2o1.[HH].[HH]. The number of furan rings is 1. The molecule has 1 aromatic heterocycles. The van der Waals surface area contributed by atoms with E-state index in [1.54, 1.807) is 24.3 Å². The van der Waals surface area contributed by atoms with Crippen molar-refractivity contribution in [3.8, 4) is 6.19 Å². The number of amides is 2. The molecule has 2 saturated heterocycles. The van der Waals surface area contributed by atoms with Gasteiger partial charge in [0.25, 0.3) is 0 Å². The molecule has 1 atom stereocenters. The topological polar surface area (TPSA) is 137 Å². The average Bonchev–Trinajstić information content (AvgIpc) is 3.47. The van der Waals surface area contributed by atoms with Gasteiger partial charge in [-0.05, 0) is 63.3 Å². The number of aryl methyl sites for hydroxylation is 1. The van der Waals surface area contributed by atoms with Crippen LogP contribution in [0.4, 0.5) is 5.69 Å². The van der Waals surface area contributed by atoms with Gasteiger partial charge in [-0.15, -0.1) is 13.2 Å². The van der Waals surface area contributed by atoms with Crippen LogP contribution in [0, 0.1) is 18.4 Å². The Hall–Kier alpha value is -3.84. The van der Waals surface area contributed by atoms with Crippen LogP contribution in [-0.4, -0.2) is 67.0 Å². The van der Waals surface area contributed by atoms with Crippen LogP contribution in [0.15, 0.2) is 46.8 Å². The Morgan fingerprint density at radius 3 is 2.82 bits per heavy atom. The van der Waals surface area contributed by atoms with E-state index in [9.17, 15) is 9.59 Å². The van der Waals surface area contributed by atoms with E-state index >= 15 is 0 Å². The Morgan fingerprint density at radius 2 is 2.08 bits per heavy atom. The summed E-state index contributed by atoms with van der Waals surface area (Å²) in [6, 6.07) is 7.66. The highest BCUT2D eigenvalue weighted by molar-refractivity contribution is 5.86. The third-order valence-corrected chi connectivity index (χ3v) is 6.41. The molecule has 2 aliphatic heterocycles. The van der Waals surface area contributed by atoms with Crippen molar-refractivity contribution in [2.45, 2.75) is 57.9 Å². The quantitative estimate of drug-likeness (QED) is 0.185. The van der Waals surface area contributed by atoms with Crippen molar-refractivity contribution in [3.05, 3.63) is 43.2 Å². The predicted octanol–water partition coefficient (Wildman–Crippen LogP) is 4.47. The van der Waals surface area contributed by atoms with E-state index in [0.29, 0.717) is 24.8 Å². The van der Waals surface area contributed by atoms with Gasteiger partial charge in [-0.3, -0.25) is 14.9 Å². The van der Waals surface area contributed by atoms with Gasteiger partial charge < -0.3 is 24.7 Å². The fraction of sp³-hybridized carbons (Fsp3) is 0.500. The molecular weight excluding hydrogens is 484 g/mol. The summed E-state index contributed by atoms with van der Waals surface area (Å²) in [6.07, 6.45) is 8.40. The first kappa shape index (κ1) is 30.4. The monoisotopic (exact) mass is 528 g/mol. The minimum atomic E-state index is 0. The maximum Gasteiger partial charge on any atom is 0.242 e. The van der Waals surface area contributed by atoms with Gasteiger partial charge in [-0.25, -0.2) is 4.99 Å². The van der Waals surface area contributed by atoms with Crippen LogP contribution in [0.5, 0.6) is 0 Å². The molecule has 0 saturated carbocycles. The van der Waals surface area contributed by atoms with Crippen LogP contribution in [0.3, 0.4) is 0 Å². The molecule has 4 rings (SSSR count). The highest BCUT2D eigenvalue weighted by Gasteiger charge is 2.30. The number of fused-ring (bicyclic) bond motifs is 1. The first-order valence-electron chi connectivity index (χ1n) is 13.0. The number of carbonyl (C=O) groups excluding carboxylic acids is 2. The Morgan fingerprint density at radius 1 is 1.29 bits per heavy atom. The summed E-state index contributed by atoms with van der Waals surface area (Å²) in [6.45, 7) is 10.4. The Labute approximate surface area is 228 Å². The first-order chi connectivity index (χ1) is 18.4. The number of likely N-dealkylation sites (tertiary alicyclic amines) is 2. The average molecular weight is 529 g/mol. The van der Waals surface area contributed by atoms with E-state index in [2.05, 4.69) is 23.5 Å². The lowest BCUT2D eigenvalue weighted by Gasteiger charge is -2.28. The number of nitrogens with two attached hydrogens (primary N) is 1. The van der Waals surface area contributed by atoms with E-state index in [0.717, 1.165) is 68.3 Å². The molecule has 2 aromatic rings. The summed E-state index contributed by atoms with van der Waals surface area (Å²) in [7, 11) is 1.69. The molecule has 38 heavy (non-hydrogen) atoms. The van der Waals surface area contributed by atoms with Crippen molar-refractivity contribution in [1.29, 1.82) is 5.26 Å². The second-order valence-electron chi connectivity index (χ2n) is 9.10. The summed E-state index contributed by atoms with van der Waals surface area (Å²) in [5.41, 5.74) is 6.94. The summed E-state index contributed by atoms with van der Waals surface area (Å²) >= 11 is 0. The van der Waals surface area contributed by atoms with Crippen molar-refractivity contribution in [2.75, 3.05) is 33.4 Å². The van der Waals surface area contributed by atoms with E-state index in [1.807, 2.05) is 30.0 Å². The number of rotatable bonds is 6. The Balaban J connectivity index is 0.000000696. The number of hydrogen-bond acceptors (Lipinski definition) is 6. The molecule has 1 unspecified atom stereocenters. The molecule has 0 spiro atoms. The molecule has 3 heterocycles. The van der Waals surface area contributed by atoms with Gasteiger partial charge in [-0.2, -0.15) is 5.26 Å². The number of aliphatic imine (C=N–C) groups is 1. The maximum atomic E-state index is 12.4. The highest BCUT2D eigenvalue weighted by Crippen LogP contribution is 2.24. The van der Waals surface area contributed by atoms with Gasteiger partial charge in [0, 0.05) is 47.5 Å². The van der Waals surface area contributed by atoms with Gasteiger partial charge in [-0.1, -0.05) is 6.42 Å². The van der Waals surface area contributed by atoms with Crippen LogP contribution in [0.2, 0.25) is 0 Å². The Kier molecular flexibility index (Phi) is 12.9. The third-order valence-electron chi connectivity index (χ3n) is 6.41. The fourth-order valence-electron chi connectivity index (χ4n) is 4.64. The molecule has 10 nitrogen and oxygen atoms in total. The summed E-state index contributed by atoms with van der Waals surface area (Å²) in [5.74, 6) is 1.17. The molecule has 0 aliphatic carbocycles. The van der Waals surface area contributed by atoms with Crippen molar-refractivity contribution in [2.24, 2.45) is 10.7 Å². The largest absolute Gasteiger partial charge is 0.461 e. The molecule has 210 valence electrons. The van der Waals surface area contributed by atoms with Crippen molar-refractivity contribution < 1.29 is 21.6 Å². The van der Waals surface area contributed by atoms with Crippen LogP contribution < -0.4 is 11.1 Å². The number of methoxy groups -OCH3 is 1. The standard InChI is InChI=1S/C15H26N2O3.C11H10N4O.C2H4.2H2/c1-20-11-8-13-6-5-10-17(13)15(19)12-16-9-4-2-3-7-14(16)18;1-7-4-8-5-9(2-3-10(8)16-7)15-11(13)14-6-12;1-2;;/h13H,2-12H2,1H3;2-5H,1H3,(H3,13,14,15);1-2H2;2*1H. The number of benzene rings is 1. The lowest BCUT2D eigenvalue weighted by Crippen LogP contribution is -2.44. The lowest BCUT2D eigenvalue weighted by atomic mass is 10.1. The number of guanidine groups is 1. The third kappa shape index (κ3) is 9.23. The number of ether oxygens (including phenoxy) is 1. The molecule has 3 N–H and O–H groups in total. The van der Waals surface area contributed by atoms with Crippen LogP contribution in [0.1, 0.15) is 53.6 Å². The van der Waals surface area contributed by atoms with E-state index in [1.165, 1.54) is 0 Å². The number of carbonyl (C=O) groups is 2. The fourth-order valence-corrected chi connectivity index (χ4v) is 4.64. The van der Waals surface area contributed by atoms with Crippen molar-refractivity contribution >= 4 is 34.4 Å². The minimum absolute atomic E-state index is 0. The van der Waals surface area contributed by atoms with Crippen molar-refractivity contribution in [1.82, 2.24) is 15.1 Å². The first-order valence-corrected chi connectivity index (χ1v) is 13.0. The lowest BCUT2D eigenvalue weighted by molar-refractivity contribution is -0.140. The molecule has 1 aromatic carbocycles. The molecule has 0 bridgehead atoms. The van der Waals surface area contributed by atoms with Crippen LogP contribution in [0.25, 0.3) is 11.0 Å². The van der Waals surface area contributed by atoms with Crippen LogP contribution in [-0.2, 0) is 14.3 Å². The summed E-state index contributed by atoms with van der Waals surface area (Å²) in [5, 5.41) is 11.6. The van der Waals surface area contributed by atoms with E-state index < -0.39 is 0 Å². The molecule has 2 aliphatic rings. The molecular formula is C28H44N6O4. The predicted molar refractivity (Wildman–Crippen MR) is 153 cm³/mol. The van der Waals surface area contributed by atoms with Gasteiger partial charge in [0.05, 0.1) is 12.2 Å². The second kappa shape index (κ2) is 16.1. The molecule has 2 fully saturated rings. The van der Waals surface area contributed by atoms with Gasteiger partial charge >= 0.3 is 0 Å². The Bertz CT molecular complexity index is 1130. The van der Waals surface area contributed by atoms with E-state index in [-0.39, 0.29) is 27.2 Å². The number of hydrogen-bond donors (Lipinski definition) is 2. The van der Waals surface area contributed by atoms with Gasteiger partial charge in [0.15, 0.2) is 6.19 Å². The zero-order valence-electron chi connectivity index (χ0n) is 22.6. The molecule has 0 radical (unpaired) electrons. The number of nitrogens with one attached hydrogen (secondary N) is 1. The zero-order chi connectivity index (χ0) is 27.9. The number of nitriles is 1. The van der Waals surface area contributed by atoms with Gasteiger partial charge in [0.2, 0.25) is 17.8 Å². The molecule has 2 amide bonds. The number of nitrogens with zero attached hydrogens (tertiary/aromatic N) is 4. The normalized spacial score (nSPS) is 17.6. The molecule has 10 heteroatoms. The van der Waals surface area contributed by atoms with Crippen molar-refractivity contribution in [3.63, 3.8) is 0 Å². The highest BCUT2D eigenvalue weighted by atomic mass is 16.5. The van der Waals surface area contributed by atoms with E-state index in [4.69, 9.17) is 20.1 Å². The van der Waals surface area contributed by atoms with Gasteiger partial charge in [0.1, 0.15) is 11.3 Å². The summed E-state index contributed by atoms with van der Waals surface area (Å²) < 4.78 is 10.5.